The average Bonchev–Trinajstić information content (AvgIpc) is 3.28. The van der Waals surface area contributed by atoms with Crippen molar-refractivity contribution in [3.05, 3.63) is 120 Å². The number of aromatic nitrogens is 1. The minimum absolute atomic E-state index is 0.0397. The van der Waals surface area contributed by atoms with E-state index in [0.29, 0.717) is 0 Å². The topological polar surface area (TPSA) is 22.1 Å². The summed E-state index contributed by atoms with van der Waals surface area (Å²) in [6, 6.07) is 38.0. The van der Waals surface area contributed by atoms with Crippen LogP contribution in [-0.4, -0.2) is 4.98 Å². The van der Waals surface area contributed by atoms with Gasteiger partial charge in [0.25, 0.3) is 0 Å². The lowest BCUT2D eigenvalue weighted by molar-refractivity contribution is 0.232. The highest BCUT2D eigenvalue weighted by Crippen LogP contribution is 2.44. The molecule has 0 aliphatic carbocycles. The molecule has 0 saturated carbocycles. The first-order chi connectivity index (χ1) is 15.4. The first-order valence-corrected chi connectivity index (χ1v) is 10.7. The molecule has 148 valence electrons. The van der Waals surface area contributed by atoms with E-state index < -0.39 is 0 Å². The fourth-order valence-corrected chi connectivity index (χ4v) is 4.54. The van der Waals surface area contributed by atoms with Gasteiger partial charge in [0.05, 0.1) is 5.69 Å². The van der Waals surface area contributed by atoms with Crippen molar-refractivity contribution in [2.45, 2.75) is 12.5 Å². The Labute approximate surface area is 181 Å². The van der Waals surface area contributed by atoms with Crippen LogP contribution < -0.4 is 4.74 Å². The van der Waals surface area contributed by atoms with Gasteiger partial charge in [0.1, 0.15) is 6.10 Å². The smallest absolute Gasteiger partial charge is 0.218 e. The summed E-state index contributed by atoms with van der Waals surface area (Å²) in [6.07, 6.45) is 0.775. The zero-order valence-corrected chi connectivity index (χ0v) is 17.0. The Balaban J connectivity index is 1.50. The summed E-state index contributed by atoms with van der Waals surface area (Å²) in [5.41, 5.74) is 6.84. The molecule has 0 radical (unpaired) electrons. The minimum atomic E-state index is -0.0397. The minimum Gasteiger partial charge on any atom is -0.469 e. The molecule has 31 heavy (non-hydrogen) atoms. The number of hydrogen-bond donors (Lipinski definition) is 0. The van der Waals surface area contributed by atoms with Crippen LogP contribution in [0.3, 0.4) is 0 Å². The SMILES string of the molecule is c1ccc(-c2cc(-c3ccccc3)c3c(n2)OC(c2cccc4ccccc24)C3)cc1. The maximum Gasteiger partial charge on any atom is 0.218 e. The summed E-state index contributed by atoms with van der Waals surface area (Å²) in [7, 11) is 0. The summed E-state index contributed by atoms with van der Waals surface area (Å²) in [6.45, 7) is 0. The van der Waals surface area contributed by atoms with E-state index in [2.05, 4.69) is 91.0 Å². The maximum absolute atomic E-state index is 6.51. The van der Waals surface area contributed by atoms with Crippen molar-refractivity contribution in [2.24, 2.45) is 0 Å². The Kier molecular flexibility index (Phi) is 4.28. The molecule has 1 atom stereocenters. The molecule has 0 N–H and O–H groups in total. The number of nitrogens with zero attached hydrogens (tertiary/aromatic N) is 1. The summed E-state index contributed by atoms with van der Waals surface area (Å²) < 4.78 is 6.51. The molecule has 2 nitrogen and oxygen atoms in total. The van der Waals surface area contributed by atoms with Crippen LogP contribution >= 0.6 is 0 Å². The van der Waals surface area contributed by atoms with Crippen molar-refractivity contribution >= 4 is 10.8 Å². The van der Waals surface area contributed by atoms with Crippen molar-refractivity contribution in [1.82, 2.24) is 4.98 Å². The second kappa shape index (κ2) is 7.41. The van der Waals surface area contributed by atoms with Gasteiger partial charge in [-0.05, 0) is 28.0 Å². The van der Waals surface area contributed by atoms with Gasteiger partial charge >= 0.3 is 0 Å². The summed E-state index contributed by atoms with van der Waals surface area (Å²) in [4.78, 5) is 4.94. The number of rotatable bonds is 3. The van der Waals surface area contributed by atoms with E-state index in [1.165, 1.54) is 33.0 Å². The van der Waals surface area contributed by atoms with Gasteiger partial charge in [0, 0.05) is 23.1 Å². The van der Waals surface area contributed by atoms with Crippen LogP contribution in [0.25, 0.3) is 33.2 Å². The monoisotopic (exact) mass is 399 g/mol. The van der Waals surface area contributed by atoms with Crippen LogP contribution in [0.5, 0.6) is 5.88 Å². The third-order valence-electron chi connectivity index (χ3n) is 6.05. The third-order valence-corrected chi connectivity index (χ3v) is 6.05. The van der Waals surface area contributed by atoms with Gasteiger partial charge in [0.15, 0.2) is 0 Å². The summed E-state index contributed by atoms with van der Waals surface area (Å²) in [5, 5.41) is 2.48. The number of benzene rings is 4. The average molecular weight is 399 g/mol. The van der Waals surface area contributed by atoms with E-state index in [0.717, 1.165) is 23.6 Å². The zero-order chi connectivity index (χ0) is 20.6. The highest BCUT2D eigenvalue weighted by molar-refractivity contribution is 5.86. The van der Waals surface area contributed by atoms with Gasteiger partial charge in [-0.25, -0.2) is 4.98 Å². The normalized spacial score (nSPS) is 14.9. The molecular formula is C29H21NO. The molecule has 0 spiro atoms. The number of fused-ring (bicyclic) bond motifs is 2. The van der Waals surface area contributed by atoms with Crippen LogP contribution in [0.15, 0.2) is 109 Å². The number of hydrogen-bond acceptors (Lipinski definition) is 2. The Morgan fingerprint density at radius 2 is 1.35 bits per heavy atom. The molecule has 0 saturated heterocycles. The standard InChI is InChI=1S/C29H21NO/c1-3-10-21(11-4-1)25-18-27(22-13-5-2-6-14-22)30-29-26(25)19-28(31-29)24-17-9-15-20-12-7-8-16-23(20)24/h1-18,28H,19H2. The predicted molar refractivity (Wildman–Crippen MR) is 126 cm³/mol. The maximum atomic E-state index is 6.51. The number of pyridine rings is 1. The van der Waals surface area contributed by atoms with E-state index in [1.807, 2.05) is 18.2 Å². The van der Waals surface area contributed by atoms with Gasteiger partial charge in [-0.2, -0.15) is 0 Å². The van der Waals surface area contributed by atoms with Crippen LogP contribution in [0, 0.1) is 0 Å². The van der Waals surface area contributed by atoms with Crippen molar-refractivity contribution in [3.63, 3.8) is 0 Å². The molecule has 0 amide bonds. The second-order valence-corrected chi connectivity index (χ2v) is 7.95. The van der Waals surface area contributed by atoms with Crippen LogP contribution in [-0.2, 0) is 6.42 Å². The lowest BCUT2D eigenvalue weighted by atomic mass is 9.93. The fraction of sp³-hybridized carbons (Fsp3) is 0.0690. The highest BCUT2D eigenvalue weighted by Gasteiger charge is 2.30. The van der Waals surface area contributed by atoms with Crippen LogP contribution in [0.4, 0.5) is 0 Å². The molecule has 1 aliphatic heterocycles. The largest absolute Gasteiger partial charge is 0.469 e. The van der Waals surface area contributed by atoms with Gasteiger partial charge in [-0.15, -0.1) is 0 Å². The summed E-state index contributed by atoms with van der Waals surface area (Å²) >= 11 is 0. The lowest BCUT2D eigenvalue weighted by Gasteiger charge is -2.13. The molecule has 1 aliphatic rings. The predicted octanol–water partition coefficient (Wildman–Crippen LogP) is 7.25. The Morgan fingerprint density at radius 3 is 2.16 bits per heavy atom. The van der Waals surface area contributed by atoms with Crippen molar-refractivity contribution in [3.8, 4) is 28.3 Å². The van der Waals surface area contributed by atoms with Crippen LogP contribution in [0.2, 0.25) is 0 Å². The molecule has 1 unspecified atom stereocenters. The zero-order valence-electron chi connectivity index (χ0n) is 17.0. The van der Waals surface area contributed by atoms with E-state index in [1.54, 1.807) is 0 Å². The van der Waals surface area contributed by atoms with Crippen LogP contribution in [0.1, 0.15) is 17.2 Å². The fourth-order valence-electron chi connectivity index (χ4n) is 4.54. The van der Waals surface area contributed by atoms with E-state index in [9.17, 15) is 0 Å². The first-order valence-electron chi connectivity index (χ1n) is 10.7. The highest BCUT2D eigenvalue weighted by atomic mass is 16.5. The number of ether oxygens (including phenoxy) is 1. The van der Waals surface area contributed by atoms with Gasteiger partial charge in [-0.1, -0.05) is 103 Å². The van der Waals surface area contributed by atoms with E-state index in [4.69, 9.17) is 9.72 Å². The second-order valence-electron chi connectivity index (χ2n) is 7.95. The Morgan fingerprint density at radius 1 is 0.677 bits per heavy atom. The molecule has 1 aromatic heterocycles. The van der Waals surface area contributed by atoms with Gasteiger partial charge < -0.3 is 4.74 Å². The molecule has 0 bridgehead atoms. The first kappa shape index (κ1) is 17.9. The summed E-state index contributed by atoms with van der Waals surface area (Å²) in [5.74, 6) is 0.748. The molecule has 5 aromatic rings. The quantitative estimate of drug-likeness (QED) is 0.319. The van der Waals surface area contributed by atoms with Crippen molar-refractivity contribution in [2.75, 3.05) is 0 Å². The molecular weight excluding hydrogens is 378 g/mol. The van der Waals surface area contributed by atoms with E-state index >= 15 is 0 Å². The van der Waals surface area contributed by atoms with Crippen molar-refractivity contribution in [1.29, 1.82) is 0 Å². The van der Waals surface area contributed by atoms with E-state index in [-0.39, 0.29) is 6.10 Å². The molecule has 2 heterocycles. The third kappa shape index (κ3) is 3.17. The van der Waals surface area contributed by atoms with Gasteiger partial charge in [-0.3, -0.25) is 0 Å². The molecule has 2 heteroatoms. The Hall–Kier alpha value is -3.91. The van der Waals surface area contributed by atoms with Crippen molar-refractivity contribution < 1.29 is 4.74 Å². The van der Waals surface area contributed by atoms with Gasteiger partial charge in [0.2, 0.25) is 5.88 Å². The molecule has 4 aromatic carbocycles. The lowest BCUT2D eigenvalue weighted by Crippen LogP contribution is -2.04. The molecule has 0 fully saturated rings. The Bertz CT molecular complexity index is 1370. The molecule has 6 rings (SSSR count).